The maximum Gasteiger partial charge on any atom is 0.255 e. The number of benzene rings is 1. The van der Waals surface area contributed by atoms with Crippen molar-refractivity contribution in [1.82, 2.24) is 4.90 Å². The Bertz CT molecular complexity index is 589. The van der Waals surface area contributed by atoms with E-state index in [0.29, 0.717) is 16.3 Å². The number of hydrogen-bond acceptors (Lipinski definition) is 3. The summed E-state index contributed by atoms with van der Waals surface area (Å²) in [6.07, 6.45) is 2.98. The third-order valence-electron chi connectivity index (χ3n) is 3.37. The zero-order valence-corrected chi connectivity index (χ0v) is 12.3. The van der Waals surface area contributed by atoms with Gasteiger partial charge >= 0.3 is 0 Å². The number of carbonyl (C=O) groups is 2. The number of halogens is 1. The zero-order valence-electron chi connectivity index (χ0n) is 11.6. The van der Waals surface area contributed by atoms with E-state index in [4.69, 9.17) is 16.9 Å². The van der Waals surface area contributed by atoms with Gasteiger partial charge in [0, 0.05) is 18.8 Å². The van der Waals surface area contributed by atoms with E-state index in [1.165, 1.54) is 6.07 Å². The normalized spacial score (nSPS) is 14.4. The first-order chi connectivity index (χ1) is 10.1. The number of rotatable bonds is 3. The molecule has 1 saturated heterocycles. The summed E-state index contributed by atoms with van der Waals surface area (Å²) >= 11 is 6.14. The molecule has 5 nitrogen and oxygen atoms in total. The largest absolute Gasteiger partial charge is 0.339 e. The van der Waals surface area contributed by atoms with Crippen molar-refractivity contribution >= 4 is 29.1 Å². The lowest BCUT2D eigenvalue weighted by Gasteiger charge is -2.27. The molecule has 110 valence electrons. The van der Waals surface area contributed by atoms with Crippen LogP contribution in [0, 0.1) is 11.3 Å². The fourth-order valence-corrected chi connectivity index (χ4v) is 2.57. The van der Waals surface area contributed by atoms with E-state index < -0.39 is 5.91 Å². The third kappa shape index (κ3) is 3.96. The highest BCUT2D eigenvalue weighted by molar-refractivity contribution is 6.34. The molecule has 0 bridgehead atoms. The van der Waals surface area contributed by atoms with Crippen LogP contribution >= 0.6 is 11.6 Å². The number of hydrogen-bond donors (Lipinski definition) is 1. The minimum absolute atomic E-state index is 0.0744. The van der Waals surface area contributed by atoms with Crippen molar-refractivity contribution in [1.29, 1.82) is 5.26 Å². The second kappa shape index (κ2) is 7.09. The van der Waals surface area contributed by atoms with Crippen molar-refractivity contribution < 1.29 is 9.59 Å². The third-order valence-corrected chi connectivity index (χ3v) is 3.68. The molecule has 0 unspecified atom stereocenters. The van der Waals surface area contributed by atoms with Gasteiger partial charge in [-0.25, -0.2) is 0 Å². The van der Waals surface area contributed by atoms with Gasteiger partial charge in [-0.2, -0.15) is 5.26 Å². The molecule has 1 N–H and O–H groups in total. The van der Waals surface area contributed by atoms with Crippen molar-refractivity contribution in [2.45, 2.75) is 25.7 Å². The molecule has 1 aliphatic rings. The molecule has 21 heavy (non-hydrogen) atoms. The lowest BCUT2D eigenvalue weighted by atomic mass is 10.1. The van der Waals surface area contributed by atoms with Gasteiger partial charge in [-0.3, -0.25) is 9.59 Å². The fourth-order valence-electron chi connectivity index (χ4n) is 2.31. The molecule has 1 heterocycles. The Morgan fingerprint density at radius 1 is 1.29 bits per heavy atom. The highest BCUT2D eigenvalue weighted by Gasteiger charge is 2.20. The number of likely N-dealkylation sites (tertiary alicyclic amines) is 1. The molecule has 2 amide bonds. The Morgan fingerprint density at radius 3 is 2.62 bits per heavy atom. The van der Waals surface area contributed by atoms with Gasteiger partial charge in [0.25, 0.3) is 5.91 Å². The van der Waals surface area contributed by atoms with Gasteiger partial charge in [-0.15, -0.1) is 0 Å². The molecule has 1 aliphatic heterocycles. The number of nitrogens with zero attached hydrogens (tertiary/aromatic N) is 2. The smallest absolute Gasteiger partial charge is 0.255 e. The molecule has 0 radical (unpaired) electrons. The van der Waals surface area contributed by atoms with Gasteiger partial charge in [0.2, 0.25) is 5.91 Å². The van der Waals surface area contributed by atoms with E-state index in [1.807, 2.05) is 0 Å². The molecule has 1 fully saturated rings. The lowest BCUT2D eigenvalue weighted by Crippen LogP contribution is -2.35. The molecule has 0 aromatic heterocycles. The van der Waals surface area contributed by atoms with Crippen molar-refractivity contribution in [3.05, 3.63) is 28.8 Å². The summed E-state index contributed by atoms with van der Waals surface area (Å²) in [7, 11) is 0. The fraction of sp³-hybridized carbons (Fsp3) is 0.400. The Morgan fingerprint density at radius 2 is 2.00 bits per heavy atom. The SMILES string of the molecule is N#CCC(=O)Nc1ccc(C(=O)N2CCCCC2)c(Cl)c1. The number of amides is 2. The first kappa shape index (κ1) is 15.3. The van der Waals surface area contributed by atoms with Crippen LogP contribution in [-0.4, -0.2) is 29.8 Å². The van der Waals surface area contributed by atoms with E-state index in [9.17, 15) is 9.59 Å². The second-order valence-corrected chi connectivity index (χ2v) is 5.34. The summed E-state index contributed by atoms with van der Waals surface area (Å²) in [6.45, 7) is 1.52. The van der Waals surface area contributed by atoms with Gasteiger partial charge in [-0.1, -0.05) is 11.6 Å². The first-order valence-electron chi connectivity index (χ1n) is 6.87. The van der Waals surface area contributed by atoms with Crippen LogP contribution in [0.3, 0.4) is 0 Å². The average molecular weight is 306 g/mol. The Kier molecular flexibility index (Phi) is 5.18. The molecule has 1 aromatic carbocycles. The molecule has 0 aliphatic carbocycles. The van der Waals surface area contributed by atoms with Crippen LogP contribution in [0.5, 0.6) is 0 Å². The summed E-state index contributed by atoms with van der Waals surface area (Å²) in [5, 5.41) is 11.3. The molecule has 1 aromatic rings. The van der Waals surface area contributed by atoms with Crippen molar-refractivity contribution in [2.75, 3.05) is 18.4 Å². The summed E-state index contributed by atoms with van der Waals surface area (Å²) < 4.78 is 0. The van der Waals surface area contributed by atoms with E-state index >= 15 is 0 Å². The quantitative estimate of drug-likeness (QED) is 0.933. The highest BCUT2D eigenvalue weighted by Crippen LogP contribution is 2.23. The summed E-state index contributed by atoms with van der Waals surface area (Å²) in [4.78, 5) is 25.5. The Balaban J connectivity index is 2.10. The molecular formula is C15H16ClN3O2. The number of nitriles is 1. The average Bonchev–Trinajstić information content (AvgIpc) is 2.48. The zero-order chi connectivity index (χ0) is 15.2. The highest BCUT2D eigenvalue weighted by atomic mass is 35.5. The van der Waals surface area contributed by atoms with E-state index in [1.54, 1.807) is 23.1 Å². The Hall–Kier alpha value is -2.06. The molecule has 2 rings (SSSR count). The lowest BCUT2D eigenvalue weighted by molar-refractivity contribution is -0.115. The maximum atomic E-state index is 12.4. The van der Waals surface area contributed by atoms with Crippen molar-refractivity contribution in [2.24, 2.45) is 0 Å². The molecular weight excluding hydrogens is 290 g/mol. The Labute approximate surface area is 128 Å². The number of piperidine rings is 1. The van der Waals surface area contributed by atoms with Crippen LogP contribution in [0.25, 0.3) is 0 Å². The predicted molar refractivity (Wildman–Crippen MR) is 80.1 cm³/mol. The van der Waals surface area contributed by atoms with Gasteiger partial charge in [0.1, 0.15) is 6.42 Å². The number of nitrogens with one attached hydrogen (secondary N) is 1. The predicted octanol–water partition coefficient (Wildman–Crippen LogP) is 2.82. The summed E-state index contributed by atoms with van der Waals surface area (Å²) in [6, 6.07) is 6.54. The number of carbonyl (C=O) groups excluding carboxylic acids is 2. The molecule has 0 spiro atoms. The van der Waals surface area contributed by atoms with Crippen LogP contribution in [0.4, 0.5) is 5.69 Å². The van der Waals surface area contributed by atoms with Crippen LogP contribution in [-0.2, 0) is 4.79 Å². The minimum atomic E-state index is -0.399. The maximum absolute atomic E-state index is 12.4. The standard InChI is InChI=1S/C15H16ClN3O2/c16-13-10-11(18-14(20)6-7-17)4-5-12(13)15(21)19-8-2-1-3-9-19/h4-5,10H,1-3,6,8-9H2,(H,18,20). The summed E-state index contributed by atoms with van der Waals surface area (Å²) in [5.74, 6) is -0.474. The molecule has 0 atom stereocenters. The van der Waals surface area contributed by atoms with Gasteiger partial charge < -0.3 is 10.2 Å². The van der Waals surface area contributed by atoms with Gasteiger partial charge in [0.15, 0.2) is 0 Å². The van der Waals surface area contributed by atoms with Crippen molar-refractivity contribution in [3.63, 3.8) is 0 Å². The monoisotopic (exact) mass is 305 g/mol. The molecule has 0 saturated carbocycles. The van der Waals surface area contributed by atoms with E-state index in [2.05, 4.69) is 5.32 Å². The first-order valence-corrected chi connectivity index (χ1v) is 7.25. The summed E-state index contributed by atoms with van der Waals surface area (Å²) in [5.41, 5.74) is 0.923. The topological polar surface area (TPSA) is 73.2 Å². The van der Waals surface area contributed by atoms with E-state index in [-0.39, 0.29) is 12.3 Å². The second-order valence-electron chi connectivity index (χ2n) is 4.93. The van der Waals surface area contributed by atoms with Gasteiger partial charge in [-0.05, 0) is 37.5 Å². The van der Waals surface area contributed by atoms with Crippen LogP contribution in [0.1, 0.15) is 36.0 Å². The van der Waals surface area contributed by atoms with Crippen LogP contribution in [0.2, 0.25) is 5.02 Å². The van der Waals surface area contributed by atoms with Gasteiger partial charge in [0.05, 0.1) is 16.7 Å². The van der Waals surface area contributed by atoms with Crippen LogP contribution < -0.4 is 5.32 Å². The van der Waals surface area contributed by atoms with Crippen molar-refractivity contribution in [3.8, 4) is 6.07 Å². The van der Waals surface area contributed by atoms with E-state index in [0.717, 1.165) is 32.4 Å². The minimum Gasteiger partial charge on any atom is -0.339 e. The molecule has 6 heteroatoms. The number of anilines is 1. The van der Waals surface area contributed by atoms with Crippen LogP contribution in [0.15, 0.2) is 18.2 Å².